The minimum absolute atomic E-state index is 0.149. The van der Waals surface area contributed by atoms with Gasteiger partial charge in [-0.05, 0) is 32.0 Å². The first kappa shape index (κ1) is 17.2. The number of aryl methyl sites for hydroxylation is 1. The van der Waals surface area contributed by atoms with Crippen LogP contribution in [0, 0.1) is 6.92 Å². The highest BCUT2D eigenvalue weighted by Crippen LogP contribution is 2.20. The third-order valence-corrected chi connectivity index (χ3v) is 4.89. The normalized spacial score (nSPS) is 13.6. The van der Waals surface area contributed by atoms with Crippen LogP contribution < -0.4 is 9.64 Å². The van der Waals surface area contributed by atoms with Gasteiger partial charge in [0.05, 0.1) is 14.2 Å². The summed E-state index contributed by atoms with van der Waals surface area (Å²) in [7, 11) is 3.74. The van der Waals surface area contributed by atoms with Crippen LogP contribution in [0.5, 0.6) is 5.75 Å². The van der Waals surface area contributed by atoms with Crippen molar-refractivity contribution in [3.63, 3.8) is 0 Å². The molecule has 1 heterocycles. The second kappa shape index (κ2) is 7.11. The Labute approximate surface area is 148 Å². The summed E-state index contributed by atoms with van der Waals surface area (Å²) in [6.45, 7) is 4.79. The molecule has 2 N–H and O–H groups in total. The van der Waals surface area contributed by atoms with Crippen molar-refractivity contribution in [3.05, 3.63) is 65.4 Å². The van der Waals surface area contributed by atoms with Crippen LogP contribution in [0.2, 0.25) is 0 Å². The molecular weight excluding hydrogens is 312 g/mol. The summed E-state index contributed by atoms with van der Waals surface area (Å²) in [5, 5.41) is 0.986. The molecule has 0 radical (unpaired) electrons. The number of carbonyl (C=O) groups excluding carboxylic acids is 1. The van der Waals surface area contributed by atoms with Crippen molar-refractivity contribution in [3.8, 4) is 5.75 Å². The number of ketones is 1. The summed E-state index contributed by atoms with van der Waals surface area (Å²) in [5.41, 5.74) is 4.08. The van der Waals surface area contributed by atoms with E-state index >= 15 is 0 Å². The van der Waals surface area contributed by atoms with Crippen LogP contribution in [0.4, 0.5) is 0 Å². The number of para-hydroxylation sites is 1. The number of H-pyrrole nitrogens is 1. The van der Waals surface area contributed by atoms with E-state index < -0.39 is 0 Å². The van der Waals surface area contributed by atoms with Gasteiger partial charge in [0.1, 0.15) is 18.3 Å². The third kappa shape index (κ3) is 3.44. The Morgan fingerprint density at radius 1 is 1.24 bits per heavy atom. The van der Waals surface area contributed by atoms with E-state index in [4.69, 9.17) is 4.74 Å². The summed E-state index contributed by atoms with van der Waals surface area (Å²) in [6.07, 6.45) is 1.82. The van der Waals surface area contributed by atoms with Crippen LogP contribution in [-0.4, -0.2) is 31.0 Å². The zero-order valence-corrected chi connectivity index (χ0v) is 15.2. The molecule has 3 aromatic rings. The predicted molar refractivity (Wildman–Crippen MR) is 100 cm³/mol. The molecule has 1 aromatic heterocycles. The minimum Gasteiger partial charge on any atom is -0.496 e. The van der Waals surface area contributed by atoms with E-state index in [9.17, 15) is 4.79 Å². The van der Waals surface area contributed by atoms with E-state index in [-0.39, 0.29) is 11.8 Å². The number of hydrogen-bond donors (Lipinski definition) is 2. The maximum atomic E-state index is 13.0. The van der Waals surface area contributed by atoms with Gasteiger partial charge >= 0.3 is 0 Å². The van der Waals surface area contributed by atoms with E-state index in [1.807, 2.05) is 49.5 Å². The number of quaternary nitrogens is 1. The van der Waals surface area contributed by atoms with Crippen LogP contribution >= 0.6 is 0 Å². The molecule has 3 rings (SSSR count). The molecule has 2 atom stereocenters. The molecule has 0 amide bonds. The first-order valence-electron chi connectivity index (χ1n) is 8.57. The molecule has 4 nitrogen and oxygen atoms in total. The number of aromatic amines is 1. The lowest BCUT2D eigenvalue weighted by Crippen LogP contribution is -3.12. The second-order valence-corrected chi connectivity index (χ2v) is 6.67. The number of likely N-dealkylation sites (N-methyl/N-ethyl adjacent to an activating group) is 1. The molecule has 25 heavy (non-hydrogen) atoms. The zero-order valence-electron chi connectivity index (χ0n) is 15.2. The molecule has 0 aliphatic rings. The van der Waals surface area contributed by atoms with Crippen LogP contribution in [-0.2, 0) is 6.54 Å². The predicted octanol–water partition coefficient (Wildman–Crippen LogP) is 2.77. The average molecular weight is 337 g/mol. The molecule has 0 saturated carbocycles. The van der Waals surface area contributed by atoms with Crippen LogP contribution in [0.15, 0.2) is 48.7 Å². The van der Waals surface area contributed by atoms with Crippen molar-refractivity contribution in [2.24, 2.45) is 0 Å². The fourth-order valence-electron chi connectivity index (χ4n) is 3.23. The number of benzene rings is 2. The van der Waals surface area contributed by atoms with Gasteiger partial charge in [-0.15, -0.1) is 0 Å². The first-order chi connectivity index (χ1) is 12.0. The van der Waals surface area contributed by atoms with Crippen molar-refractivity contribution in [1.29, 1.82) is 0 Å². The first-order valence-corrected chi connectivity index (χ1v) is 8.57. The van der Waals surface area contributed by atoms with Crippen molar-refractivity contribution >= 4 is 16.7 Å². The van der Waals surface area contributed by atoms with E-state index in [0.29, 0.717) is 0 Å². The van der Waals surface area contributed by atoms with Crippen molar-refractivity contribution < 1.29 is 14.4 Å². The third-order valence-electron chi connectivity index (χ3n) is 4.89. The lowest BCUT2D eigenvalue weighted by molar-refractivity contribution is -0.907. The fraction of sp³-hybridized carbons (Fsp3) is 0.286. The number of Topliss-reactive ketones (excluding diaryl/α,β-unsaturated/α-hetero) is 1. The smallest absolute Gasteiger partial charge is 0.221 e. The number of methoxy groups -OCH3 is 1. The van der Waals surface area contributed by atoms with Crippen LogP contribution in [0.1, 0.15) is 28.4 Å². The summed E-state index contributed by atoms with van der Waals surface area (Å²) >= 11 is 0. The van der Waals surface area contributed by atoms with Crippen LogP contribution in [0.25, 0.3) is 10.9 Å². The van der Waals surface area contributed by atoms with Gasteiger partial charge in [0, 0.05) is 28.2 Å². The Bertz CT molecular complexity index is 898. The number of aromatic nitrogens is 1. The van der Waals surface area contributed by atoms with Crippen molar-refractivity contribution in [1.82, 2.24) is 4.98 Å². The zero-order chi connectivity index (χ0) is 18.0. The van der Waals surface area contributed by atoms with Gasteiger partial charge in [-0.1, -0.05) is 29.8 Å². The molecule has 2 aromatic carbocycles. The average Bonchev–Trinajstić information content (AvgIpc) is 3.04. The van der Waals surface area contributed by atoms with Gasteiger partial charge < -0.3 is 14.6 Å². The highest BCUT2D eigenvalue weighted by Gasteiger charge is 2.26. The van der Waals surface area contributed by atoms with Gasteiger partial charge in [0.2, 0.25) is 5.78 Å². The Morgan fingerprint density at radius 3 is 2.76 bits per heavy atom. The SMILES string of the molecule is COc1ccc(C)cc1C[NH+](C)[C@H](C)C(=O)c1c[nH]c2ccccc12. The molecule has 0 fully saturated rings. The number of ether oxygens (including phenoxy) is 1. The standard InChI is InChI=1S/C21H24N2O2/c1-14-9-10-20(25-4)16(11-14)13-23(3)15(2)21(24)18-12-22-19-8-6-5-7-17(18)19/h5-12,15,22H,13H2,1-4H3/p+1/t15-/m1/s1. The van der Waals surface area contributed by atoms with Gasteiger partial charge in [-0.2, -0.15) is 0 Å². The van der Waals surface area contributed by atoms with E-state index in [1.165, 1.54) is 5.56 Å². The number of fused-ring (bicyclic) bond motifs is 1. The number of rotatable bonds is 6. The second-order valence-electron chi connectivity index (χ2n) is 6.67. The highest BCUT2D eigenvalue weighted by molar-refractivity contribution is 6.09. The Hall–Kier alpha value is -2.59. The van der Waals surface area contributed by atoms with E-state index in [0.717, 1.165) is 39.2 Å². The highest BCUT2D eigenvalue weighted by atomic mass is 16.5. The number of carbonyl (C=O) groups is 1. The topological polar surface area (TPSA) is 46.5 Å². The summed E-state index contributed by atoms with van der Waals surface area (Å²) in [5.74, 6) is 1.03. The summed E-state index contributed by atoms with van der Waals surface area (Å²) < 4.78 is 5.47. The maximum absolute atomic E-state index is 13.0. The Kier molecular flexibility index (Phi) is 4.91. The van der Waals surface area contributed by atoms with Crippen molar-refractivity contribution in [2.75, 3.05) is 14.2 Å². The molecule has 130 valence electrons. The molecule has 0 bridgehead atoms. The number of hydrogen-bond acceptors (Lipinski definition) is 2. The minimum atomic E-state index is -0.149. The monoisotopic (exact) mass is 337 g/mol. The molecule has 0 spiro atoms. The lowest BCUT2D eigenvalue weighted by Gasteiger charge is -2.22. The van der Waals surface area contributed by atoms with Gasteiger partial charge in [-0.25, -0.2) is 0 Å². The summed E-state index contributed by atoms with van der Waals surface area (Å²) in [4.78, 5) is 17.3. The number of nitrogens with one attached hydrogen (secondary N) is 2. The fourth-order valence-corrected chi connectivity index (χ4v) is 3.23. The molecule has 0 aliphatic heterocycles. The van der Waals surface area contributed by atoms with Gasteiger partial charge in [-0.3, -0.25) is 4.79 Å². The molecule has 0 aliphatic carbocycles. The molecule has 0 saturated heterocycles. The van der Waals surface area contributed by atoms with E-state index in [2.05, 4.69) is 25.0 Å². The van der Waals surface area contributed by atoms with Crippen LogP contribution in [0.3, 0.4) is 0 Å². The van der Waals surface area contributed by atoms with E-state index in [1.54, 1.807) is 7.11 Å². The Balaban J connectivity index is 1.81. The Morgan fingerprint density at radius 2 is 2.00 bits per heavy atom. The van der Waals surface area contributed by atoms with Gasteiger partial charge in [0.25, 0.3) is 0 Å². The summed E-state index contributed by atoms with van der Waals surface area (Å²) in [6, 6.07) is 13.9. The molecular formula is C21H25N2O2+. The maximum Gasteiger partial charge on any atom is 0.221 e. The largest absolute Gasteiger partial charge is 0.496 e. The van der Waals surface area contributed by atoms with Gasteiger partial charge in [0.15, 0.2) is 0 Å². The molecule has 4 heteroatoms. The quantitative estimate of drug-likeness (QED) is 0.680. The van der Waals surface area contributed by atoms with Crippen molar-refractivity contribution in [2.45, 2.75) is 26.4 Å². The lowest BCUT2D eigenvalue weighted by atomic mass is 10.0. The molecule has 1 unspecified atom stereocenters.